The molecule has 0 aliphatic rings. The average Bonchev–Trinajstić information content (AvgIpc) is 2.75. The summed E-state index contributed by atoms with van der Waals surface area (Å²) in [7, 11) is 1.69. The number of ether oxygens (including phenoxy) is 1. The van der Waals surface area contributed by atoms with E-state index in [1.54, 1.807) is 7.11 Å². The van der Waals surface area contributed by atoms with Gasteiger partial charge in [0, 0.05) is 13.7 Å². The van der Waals surface area contributed by atoms with E-state index in [1.807, 2.05) is 34.9 Å². The highest BCUT2D eigenvalue weighted by molar-refractivity contribution is 7.71. The molecular weight excluding hydrogens is 246 g/mol. The topological polar surface area (TPSA) is 42.8 Å². The van der Waals surface area contributed by atoms with E-state index in [2.05, 4.69) is 17.1 Å². The van der Waals surface area contributed by atoms with Gasteiger partial charge >= 0.3 is 0 Å². The van der Waals surface area contributed by atoms with Crippen LogP contribution in [0.1, 0.15) is 30.8 Å². The molecule has 0 amide bonds. The Bertz CT molecular complexity index is 547. The molecule has 5 heteroatoms. The van der Waals surface area contributed by atoms with E-state index in [1.165, 1.54) is 0 Å². The molecule has 1 aromatic heterocycles. The first-order valence-electron chi connectivity index (χ1n) is 6.00. The fourth-order valence-electron chi connectivity index (χ4n) is 1.99. The second-order valence-electron chi connectivity index (χ2n) is 4.07. The Hall–Kier alpha value is -1.46. The van der Waals surface area contributed by atoms with Crippen LogP contribution < -0.4 is 0 Å². The molecule has 1 unspecified atom stereocenters. The van der Waals surface area contributed by atoms with Crippen LogP contribution in [0.3, 0.4) is 0 Å². The van der Waals surface area contributed by atoms with E-state index in [0.29, 0.717) is 4.77 Å². The number of nitrogens with zero attached hydrogens (tertiary/aromatic N) is 2. The van der Waals surface area contributed by atoms with Crippen molar-refractivity contribution < 1.29 is 4.74 Å². The third-order valence-corrected chi connectivity index (χ3v) is 3.12. The summed E-state index contributed by atoms with van der Waals surface area (Å²) in [6, 6.07) is 10.0. The molecule has 1 atom stereocenters. The zero-order valence-corrected chi connectivity index (χ0v) is 11.4. The number of benzene rings is 1. The lowest BCUT2D eigenvalue weighted by Gasteiger charge is -2.16. The van der Waals surface area contributed by atoms with Crippen molar-refractivity contribution in [3.05, 3.63) is 46.5 Å². The van der Waals surface area contributed by atoms with Crippen LogP contribution in [0.5, 0.6) is 0 Å². The minimum absolute atomic E-state index is 0.189. The zero-order chi connectivity index (χ0) is 13.0. The largest absolute Gasteiger partial charge is 0.369 e. The summed E-state index contributed by atoms with van der Waals surface area (Å²) in [6.45, 7) is 2.96. The molecule has 1 aromatic carbocycles. The SMILES string of the molecule is CCCn1c(C(OC)c2ccccc2)n[nH]c1=S. The first-order chi connectivity index (χ1) is 8.77. The predicted octanol–water partition coefficient (Wildman–Crippen LogP) is 3.09. The highest BCUT2D eigenvalue weighted by Crippen LogP contribution is 2.23. The van der Waals surface area contributed by atoms with Gasteiger partial charge in [-0.1, -0.05) is 37.3 Å². The Balaban J connectivity index is 2.42. The van der Waals surface area contributed by atoms with Gasteiger partial charge in [-0.25, -0.2) is 0 Å². The summed E-state index contributed by atoms with van der Waals surface area (Å²) in [6.07, 6.45) is 0.817. The van der Waals surface area contributed by atoms with Crippen molar-refractivity contribution in [3.8, 4) is 0 Å². The minimum atomic E-state index is -0.189. The van der Waals surface area contributed by atoms with Gasteiger partial charge in [0.25, 0.3) is 0 Å². The van der Waals surface area contributed by atoms with Crippen molar-refractivity contribution in [2.24, 2.45) is 0 Å². The summed E-state index contributed by atoms with van der Waals surface area (Å²) in [4.78, 5) is 0. The molecular formula is C13H17N3OS. The van der Waals surface area contributed by atoms with E-state index < -0.39 is 0 Å². The summed E-state index contributed by atoms with van der Waals surface area (Å²) in [5.41, 5.74) is 1.08. The van der Waals surface area contributed by atoms with Gasteiger partial charge in [0.1, 0.15) is 6.10 Å². The van der Waals surface area contributed by atoms with Crippen molar-refractivity contribution in [2.45, 2.75) is 26.0 Å². The summed E-state index contributed by atoms with van der Waals surface area (Å²) in [5.74, 6) is 0.829. The fourth-order valence-corrected chi connectivity index (χ4v) is 2.22. The van der Waals surface area contributed by atoms with E-state index in [9.17, 15) is 0 Å². The molecule has 0 spiro atoms. The molecule has 0 aliphatic carbocycles. The minimum Gasteiger partial charge on any atom is -0.369 e. The molecule has 0 saturated heterocycles. The summed E-state index contributed by atoms with van der Waals surface area (Å²) < 4.78 is 8.21. The van der Waals surface area contributed by atoms with Crippen LogP contribution in [0.15, 0.2) is 30.3 Å². The number of methoxy groups -OCH3 is 1. The molecule has 0 fully saturated rings. The molecule has 96 valence electrons. The first-order valence-corrected chi connectivity index (χ1v) is 6.41. The number of rotatable bonds is 5. The standard InChI is InChI=1S/C13H17N3OS/c1-3-9-16-12(14-15-13(16)18)11(17-2)10-7-5-4-6-8-10/h4-8,11H,3,9H2,1-2H3,(H,15,18). The number of H-pyrrole nitrogens is 1. The highest BCUT2D eigenvalue weighted by atomic mass is 32.1. The van der Waals surface area contributed by atoms with E-state index in [-0.39, 0.29) is 6.10 Å². The van der Waals surface area contributed by atoms with Gasteiger partial charge in [-0.05, 0) is 24.2 Å². The lowest BCUT2D eigenvalue weighted by molar-refractivity contribution is 0.125. The number of hydrogen-bond acceptors (Lipinski definition) is 3. The molecule has 0 aliphatic heterocycles. The molecule has 0 saturated carbocycles. The van der Waals surface area contributed by atoms with Crippen LogP contribution in [0.2, 0.25) is 0 Å². The summed E-state index contributed by atoms with van der Waals surface area (Å²) >= 11 is 5.24. The molecule has 4 nitrogen and oxygen atoms in total. The molecule has 0 radical (unpaired) electrons. The van der Waals surface area contributed by atoms with Crippen LogP contribution in [0, 0.1) is 4.77 Å². The van der Waals surface area contributed by atoms with E-state index >= 15 is 0 Å². The second-order valence-corrected chi connectivity index (χ2v) is 4.45. The van der Waals surface area contributed by atoms with Crippen LogP contribution in [0.25, 0.3) is 0 Å². The average molecular weight is 263 g/mol. The maximum absolute atomic E-state index is 5.57. The van der Waals surface area contributed by atoms with Gasteiger partial charge < -0.3 is 9.30 Å². The second kappa shape index (κ2) is 5.93. The Morgan fingerprint density at radius 1 is 1.39 bits per heavy atom. The third kappa shape index (κ3) is 2.52. The van der Waals surface area contributed by atoms with Gasteiger partial charge in [-0.3, -0.25) is 5.10 Å². The Labute approximate surface area is 112 Å². The Kier molecular flexibility index (Phi) is 4.28. The lowest BCUT2D eigenvalue weighted by atomic mass is 10.1. The van der Waals surface area contributed by atoms with Crippen molar-refractivity contribution >= 4 is 12.2 Å². The maximum Gasteiger partial charge on any atom is 0.195 e. The van der Waals surface area contributed by atoms with Gasteiger partial charge in [0.15, 0.2) is 10.6 Å². The smallest absolute Gasteiger partial charge is 0.195 e. The molecule has 1 heterocycles. The monoisotopic (exact) mass is 263 g/mol. The Morgan fingerprint density at radius 3 is 2.72 bits per heavy atom. The van der Waals surface area contributed by atoms with Crippen molar-refractivity contribution in [2.75, 3.05) is 7.11 Å². The van der Waals surface area contributed by atoms with Crippen LogP contribution in [-0.2, 0) is 11.3 Å². The van der Waals surface area contributed by atoms with E-state index in [4.69, 9.17) is 17.0 Å². The number of nitrogens with one attached hydrogen (secondary N) is 1. The summed E-state index contributed by atoms with van der Waals surface area (Å²) in [5, 5.41) is 7.15. The van der Waals surface area contributed by atoms with Crippen molar-refractivity contribution in [3.63, 3.8) is 0 Å². The van der Waals surface area contributed by atoms with Crippen LogP contribution in [0.4, 0.5) is 0 Å². The molecule has 2 rings (SSSR count). The maximum atomic E-state index is 5.57. The Morgan fingerprint density at radius 2 is 2.11 bits per heavy atom. The first kappa shape index (κ1) is 13.0. The lowest BCUT2D eigenvalue weighted by Crippen LogP contribution is -2.12. The van der Waals surface area contributed by atoms with Crippen molar-refractivity contribution in [1.82, 2.24) is 14.8 Å². The molecule has 0 bridgehead atoms. The predicted molar refractivity (Wildman–Crippen MR) is 73.0 cm³/mol. The zero-order valence-electron chi connectivity index (χ0n) is 10.6. The van der Waals surface area contributed by atoms with Gasteiger partial charge in [0.05, 0.1) is 0 Å². The number of hydrogen-bond donors (Lipinski definition) is 1. The van der Waals surface area contributed by atoms with Crippen molar-refractivity contribution in [1.29, 1.82) is 0 Å². The molecule has 18 heavy (non-hydrogen) atoms. The van der Waals surface area contributed by atoms with E-state index in [0.717, 1.165) is 24.4 Å². The quantitative estimate of drug-likeness (QED) is 0.843. The highest BCUT2D eigenvalue weighted by Gasteiger charge is 2.19. The van der Waals surface area contributed by atoms with Crippen LogP contribution in [-0.4, -0.2) is 21.9 Å². The van der Waals surface area contributed by atoms with Crippen LogP contribution >= 0.6 is 12.2 Å². The van der Waals surface area contributed by atoms with Gasteiger partial charge in [0.2, 0.25) is 0 Å². The third-order valence-electron chi connectivity index (χ3n) is 2.81. The number of aromatic nitrogens is 3. The fraction of sp³-hybridized carbons (Fsp3) is 0.385. The molecule has 2 aromatic rings. The van der Waals surface area contributed by atoms with Gasteiger partial charge in [-0.15, -0.1) is 0 Å². The normalized spacial score (nSPS) is 12.6. The van der Waals surface area contributed by atoms with Gasteiger partial charge in [-0.2, -0.15) is 5.10 Å². The molecule has 1 N–H and O–H groups in total. The number of aromatic amines is 1.